The van der Waals surface area contributed by atoms with Gasteiger partial charge in [0, 0.05) is 41.8 Å². The molecule has 6 nitrogen and oxygen atoms in total. The summed E-state index contributed by atoms with van der Waals surface area (Å²) in [5.74, 6) is 0.473. The third-order valence-corrected chi connectivity index (χ3v) is 6.62. The van der Waals surface area contributed by atoms with Crippen molar-refractivity contribution in [2.45, 2.75) is 58.0 Å². The van der Waals surface area contributed by atoms with Crippen LogP contribution in [0, 0.1) is 17.2 Å². The van der Waals surface area contributed by atoms with Crippen LogP contribution in [-0.4, -0.2) is 40.4 Å². The lowest BCUT2D eigenvalue weighted by atomic mass is 9.99. The second-order valence-electron chi connectivity index (χ2n) is 8.92. The van der Waals surface area contributed by atoms with Crippen LogP contribution in [0.4, 0.5) is 0 Å². The van der Waals surface area contributed by atoms with Gasteiger partial charge in [-0.2, -0.15) is 5.26 Å². The Morgan fingerprint density at radius 2 is 1.87 bits per heavy atom. The predicted molar refractivity (Wildman–Crippen MR) is 121 cm³/mol. The number of amides is 2. The minimum absolute atomic E-state index is 0.103. The number of carbonyl (C=O) groups excluding carboxylic acids is 2. The van der Waals surface area contributed by atoms with Crippen molar-refractivity contribution in [3.63, 3.8) is 0 Å². The molecule has 0 bridgehead atoms. The number of aromatic nitrogens is 1. The van der Waals surface area contributed by atoms with Crippen LogP contribution in [0.2, 0.25) is 0 Å². The average Bonchev–Trinajstić information content (AvgIpc) is 3.40. The Bertz CT molecular complexity index is 1030. The molecule has 2 aliphatic rings. The second-order valence-corrected chi connectivity index (χ2v) is 8.92. The molecule has 1 aliphatic carbocycles. The first kappa shape index (κ1) is 21.2. The summed E-state index contributed by atoms with van der Waals surface area (Å²) >= 11 is 0. The standard InChI is InChI=1S/C25H30N4O2/c1-18-10-12-28(13-11-18)24(30)17-29-16-20(22-8-4-5-9-23(22)29)14-19(15-26)25(31)27-21-6-2-3-7-21/h4-5,8-9,14,16,18,21H,2-3,6-7,10-13,17H2,1H3,(H,27,31)/b19-14+. The molecule has 1 aliphatic heterocycles. The first-order valence-electron chi connectivity index (χ1n) is 11.3. The Morgan fingerprint density at radius 1 is 1.16 bits per heavy atom. The van der Waals surface area contributed by atoms with Gasteiger partial charge in [-0.05, 0) is 43.7 Å². The monoisotopic (exact) mass is 418 g/mol. The Morgan fingerprint density at radius 3 is 2.58 bits per heavy atom. The lowest BCUT2D eigenvalue weighted by molar-refractivity contribution is -0.133. The topological polar surface area (TPSA) is 78.1 Å². The predicted octanol–water partition coefficient (Wildman–Crippen LogP) is 3.87. The molecular weight excluding hydrogens is 388 g/mol. The molecule has 1 aromatic heterocycles. The molecule has 31 heavy (non-hydrogen) atoms. The molecule has 1 N–H and O–H groups in total. The van der Waals surface area contributed by atoms with E-state index >= 15 is 0 Å². The molecule has 6 heteroatoms. The maximum Gasteiger partial charge on any atom is 0.262 e. The zero-order chi connectivity index (χ0) is 21.8. The number of hydrogen-bond donors (Lipinski definition) is 1. The summed E-state index contributed by atoms with van der Waals surface area (Å²) in [6.07, 6.45) is 9.82. The van der Waals surface area contributed by atoms with E-state index < -0.39 is 0 Å². The van der Waals surface area contributed by atoms with E-state index in [1.165, 1.54) is 0 Å². The third kappa shape index (κ3) is 4.82. The number of benzene rings is 1. The first-order chi connectivity index (χ1) is 15.0. The van der Waals surface area contributed by atoms with Gasteiger partial charge in [0.15, 0.2) is 0 Å². The van der Waals surface area contributed by atoms with Gasteiger partial charge in [-0.1, -0.05) is 38.0 Å². The van der Waals surface area contributed by atoms with Gasteiger partial charge in [0.2, 0.25) is 5.91 Å². The Balaban J connectivity index is 1.57. The molecule has 0 radical (unpaired) electrons. The Hall–Kier alpha value is -3.07. The van der Waals surface area contributed by atoms with Gasteiger partial charge in [-0.25, -0.2) is 0 Å². The van der Waals surface area contributed by atoms with Crippen molar-refractivity contribution in [3.8, 4) is 6.07 Å². The number of para-hydroxylation sites is 1. The number of nitriles is 1. The third-order valence-electron chi connectivity index (χ3n) is 6.62. The maximum atomic E-state index is 12.9. The molecule has 1 aromatic carbocycles. The van der Waals surface area contributed by atoms with Crippen LogP contribution in [0.15, 0.2) is 36.0 Å². The van der Waals surface area contributed by atoms with Gasteiger partial charge in [0.05, 0.1) is 0 Å². The van der Waals surface area contributed by atoms with Gasteiger partial charge in [0.25, 0.3) is 5.91 Å². The summed E-state index contributed by atoms with van der Waals surface area (Å²) in [4.78, 5) is 27.4. The molecule has 2 aromatic rings. The van der Waals surface area contributed by atoms with E-state index in [9.17, 15) is 14.9 Å². The normalized spacial score (nSPS) is 18.3. The van der Waals surface area contributed by atoms with E-state index in [1.807, 2.05) is 39.9 Å². The van der Waals surface area contributed by atoms with E-state index in [0.29, 0.717) is 5.92 Å². The number of piperidine rings is 1. The minimum Gasteiger partial charge on any atom is -0.349 e. The molecule has 0 atom stereocenters. The largest absolute Gasteiger partial charge is 0.349 e. The molecular formula is C25H30N4O2. The quantitative estimate of drug-likeness (QED) is 0.591. The highest BCUT2D eigenvalue weighted by molar-refractivity contribution is 6.04. The molecule has 2 heterocycles. The molecule has 0 spiro atoms. The first-order valence-corrected chi connectivity index (χ1v) is 11.3. The van der Waals surface area contributed by atoms with Crippen molar-refractivity contribution < 1.29 is 9.59 Å². The van der Waals surface area contributed by atoms with Crippen LogP contribution in [-0.2, 0) is 16.1 Å². The van der Waals surface area contributed by atoms with Crippen molar-refractivity contribution in [1.82, 2.24) is 14.8 Å². The van der Waals surface area contributed by atoms with Gasteiger partial charge in [-0.15, -0.1) is 0 Å². The number of rotatable bonds is 5. The average molecular weight is 419 g/mol. The molecule has 0 unspecified atom stereocenters. The number of carbonyl (C=O) groups is 2. The molecule has 4 rings (SSSR count). The Labute approximate surface area is 183 Å². The van der Waals surface area contributed by atoms with Gasteiger partial charge >= 0.3 is 0 Å². The molecule has 2 fully saturated rings. The van der Waals surface area contributed by atoms with Crippen LogP contribution in [0.3, 0.4) is 0 Å². The summed E-state index contributed by atoms with van der Waals surface area (Å²) in [6.45, 7) is 4.12. The summed E-state index contributed by atoms with van der Waals surface area (Å²) < 4.78 is 1.94. The number of likely N-dealkylation sites (tertiary alicyclic amines) is 1. The fourth-order valence-corrected chi connectivity index (χ4v) is 4.66. The number of nitrogens with zero attached hydrogens (tertiary/aromatic N) is 3. The fraction of sp³-hybridized carbons (Fsp3) is 0.480. The lowest BCUT2D eigenvalue weighted by Crippen LogP contribution is -2.39. The second kappa shape index (κ2) is 9.38. The van der Waals surface area contributed by atoms with E-state index in [1.54, 1.807) is 6.08 Å². The van der Waals surface area contributed by atoms with Crippen molar-refractivity contribution in [3.05, 3.63) is 41.6 Å². The van der Waals surface area contributed by atoms with Crippen molar-refractivity contribution in [2.24, 2.45) is 5.92 Å². The molecule has 1 saturated heterocycles. The highest BCUT2D eigenvalue weighted by Crippen LogP contribution is 2.25. The van der Waals surface area contributed by atoms with Crippen LogP contribution in [0.25, 0.3) is 17.0 Å². The molecule has 162 valence electrons. The minimum atomic E-state index is -0.315. The molecule has 2 amide bonds. The summed E-state index contributed by atoms with van der Waals surface area (Å²) in [6, 6.07) is 10.0. The number of nitrogens with one attached hydrogen (secondary N) is 1. The van der Waals surface area contributed by atoms with Crippen LogP contribution < -0.4 is 5.32 Å². The van der Waals surface area contributed by atoms with Gasteiger partial charge in [-0.3, -0.25) is 9.59 Å². The SMILES string of the molecule is CC1CCN(C(=O)Cn2cc(/C=C(\C#N)C(=O)NC3CCCC3)c3ccccc32)CC1. The number of fused-ring (bicyclic) bond motifs is 1. The van der Waals surface area contributed by atoms with Gasteiger partial charge < -0.3 is 14.8 Å². The molecule has 1 saturated carbocycles. The van der Waals surface area contributed by atoms with Gasteiger partial charge in [0.1, 0.15) is 18.2 Å². The zero-order valence-corrected chi connectivity index (χ0v) is 18.1. The van der Waals surface area contributed by atoms with E-state index in [0.717, 1.165) is 68.1 Å². The van der Waals surface area contributed by atoms with Crippen LogP contribution in [0.5, 0.6) is 0 Å². The highest BCUT2D eigenvalue weighted by atomic mass is 16.2. The highest BCUT2D eigenvalue weighted by Gasteiger charge is 2.22. The number of hydrogen-bond acceptors (Lipinski definition) is 3. The Kier molecular flexibility index (Phi) is 6.41. The van der Waals surface area contributed by atoms with Crippen molar-refractivity contribution in [1.29, 1.82) is 5.26 Å². The van der Waals surface area contributed by atoms with Crippen molar-refractivity contribution in [2.75, 3.05) is 13.1 Å². The zero-order valence-electron chi connectivity index (χ0n) is 18.1. The van der Waals surface area contributed by atoms with E-state index in [2.05, 4.69) is 18.3 Å². The summed E-state index contributed by atoms with van der Waals surface area (Å²) in [7, 11) is 0. The van der Waals surface area contributed by atoms with Crippen molar-refractivity contribution >= 4 is 28.8 Å². The van der Waals surface area contributed by atoms with Crippen LogP contribution in [0.1, 0.15) is 51.0 Å². The summed E-state index contributed by atoms with van der Waals surface area (Å²) in [5, 5.41) is 13.5. The lowest BCUT2D eigenvalue weighted by Gasteiger charge is -2.30. The fourth-order valence-electron chi connectivity index (χ4n) is 4.66. The van der Waals surface area contributed by atoms with E-state index in [4.69, 9.17) is 0 Å². The smallest absolute Gasteiger partial charge is 0.262 e. The maximum absolute atomic E-state index is 12.9. The van der Waals surface area contributed by atoms with Crippen LogP contribution >= 0.6 is 0 Å². The van der Waals surface area contributed by atoms with E-state index in [-0.39, 0.29) is 30.0 Å². The summed E-state index contributed by atoms with van der Waals surface area (Å²) in [5.41, 5.74) is 1.82.